The highest BCUT2D eigenvalue weighted by Crippen LogP contribution is 2.35. The molecule has 0 saturated heterocycles. The lowest BCUT2D eigenvalue weighted by molar-refractivity contribution is -0.135. The van der Waals surface area contributed by atoms with E-state index in [1.54, 1.807) is 16.2 Å². The Hall–Kier alpha value is -3.12. The number of hydrogen-bond donors (Lipinski definition) is 0. The van der Waals surface area contributed by atoms with Gasteiger partial charge in [-0.2, -0.15) is 0 Å². The Morgan fingerprint density at radius 1 is 1.06 bits per heavy atom. The monoisotopic (exact) mass is 474 g/mol. The minimum atomic E-state index is -0.154. The van der Waals surface area contributed by atoms with Crippen LogP contribution in [0.4, 0.5) is 0 Å². The summed E-state index contributed by atoms with van der Waals surface area (Å²) >= 11 is 1.74. The van der Waals surface area contributed by atoms with E-state index in [1.807, 2.05) is 66.4 Å². The SMILES string of the molecule is Cc1ccc(OCC2c3ccsc3CCN2C(=O)CN(CC2CC2)C(=O)c2ccccc2)cc1. The third-order valence-corrected chi connectivity index (χ3v) is 7.65. The van der Waals surface area contributed by atoms with Gasteiger partial charge in [0.05, 0.1) is 6.04 Å². The number of carbonyl (C=O) groups is 2. The zero-order valence-electron chi connectivity index (χ0n) is 19.5. The van der Waals surface area contributed by atoms with Crippen LogP contribution in [0.2, 0.25) is 0 Å². The molecule has 1 fully saturated rings. The van der Waals surface area contributed by atoms with E-state index in [0.717, 1.165) is 25.0 Å². The number of carbonyl (C=O) groups excluding carboxylic acids is 2. The Morgan fingerprint density at radius 2 is 1.82 bits per heavy atom. The molecule has 0 radical (unpaired) electrons. The van der Waals surface area contributed by atoms with Crippen LogP contribution in [0, 0.1) is 12.8 Å². The average molecular weight is 475 g/mol. The summed E-state index contributed by atoms with van der Waals surface area (Å²) in [4.78, 5) is 31.8. The van der Waals surface area contributed by atoms with Crippen LogP contribution < -0.4 is 4.74 Å². The summed E-state index contributed by atoms with van der Waals surface area (Å²) in [5.74, 6) is 1.22. The number of ether oxygens (including phenoxy) is 1. The molecule has 0 spiro atoms. The molecule has 3 aromatic rings. The first-order valence-corrected chi connectivity index (χ1v) is 12.9. The molecule has 0 N–H and O–H groups in total. The summed E-state index contributed by atoms with van der Waals surface area (Å²) in [6, 6.07) is 19.2. The van der Waals surface area contributed by atoms with Gasteiger partial charge in [0, 0.05) is 23.5 Å². The van der Waals surface area contributed by atoms with Crippen molar-refractivity contribution < 1.29 is 14.3 Å². The van der Waals surface area contributed by atoms with Crippen molar-refractivity contribution in [2.24, 2.45) is 5.92 Å². The molecule has 1 saturated carbocycles. The van der Waals surface area contributed by atoms with Gasteiger partial charge in [-0.25, -0.2) is 0 Å². The second kappa shape index (κ2) is 10.0. The standard InChI is InChI=1S/C28H30N2O3S/c1-20-7-11-23(12-8-20)33-19-25-24-14-16-34-26(24)13-15-30(25)27(31)18-29(17-21-9-10-21)28(32)22-5-3-2-4-6-22/h2-8,11-12,14,16,21,25H,9-10,13,15,17-19H2,1H3. The number of amides is 2. The molecule has 2 aromatic carbocycles. The van der Waals surface area contributed by atoms with Crippen molar-refractivity contribution in [1.82, 2.24) is 9.80 Å². The molecule has 5 rings (SSSR count). The minimum Gasteiger partial charge on any atom is -0.491 e. The third-order valence-electron chi connectivity index (χ3n) is 6.65. The summed E-state index contributed by atoms with van der Waals surface area (Å²) in [6.45, 7) is 3.83. The van der Waals surface area contributed by atoms with E-state index >= 15 is 0 Å². The molecule has 0 bridgehead atoms. The van der Waals surface area contributed by atoms with Crippen molar-refractivity contribution >= 4 is 23.2 Å². The van der Waals surface area contributed by atoms with Crippen LogP contribution in [0.25, 0.3) is 0 Å². The van der Waals surface area contributed by atoms with E-state index in [0.29, 0.717) is 31.2 Å². The largest absolute Gasteiger partial charge is 0.491 e. The van der Waals surface area contributed by atoms with Crippen molar-refractivity contribution in [2.45, 2.75) is 32.2 Å². The molecule has 5 nitrogen and oxygen atoms in total. The summed E-state index contributed by atoms with van der Waals surface area (Å²) in [5, 5.41) is 2.09. The average Bonchev–Trinajstić information content (AvgIpc) is 3.55. The summed E-state index contributed by atoms with van der Waals surface area (Å²) in [7, 11) is 0. The smallest absolute Gasteiger partial charge is 0.254 e. The lowest BCUT2D eigenvalue weighted by atomic mass is 10.00. The number of aryl methyl sites for hydroxylation is 1. The first kappa shape index (κ1) is 22.7. The molecule has 1 aromatic heterocycles. The molecule has 2 aliphatic rings. The highest BCUT2D eigenvalue weighted by molar-refractivity contribution is 7.10. The number of hydrogen-bond acceptors (Lipinski definition) is 4. The van der Waals surface area contributed by atoms with Crippen LogP contribution in [-0.4, -0.2) is 47.9 Å². The molecule has 176 valence electrons. The molecular weight excluding hydrogens is 444 g/mol. The van der Waals surface area contributed by atoms with Gasteiger partial charge in [0.1, 0.15) is 18.9 Å². The fourth-order valence-electron chi connectivity index (χ4n) is 4.53. The highest BCUT2D eigenvalue weighted by Gasteiger charge is 2.35. The maximum atomic E-state index is 13.6. The van der Waals surface area contributed by atoms with Crippen LogP contribution in [0.3, 0.4) is 0 Å². The zero-order valence-corrected chi connectivity index (χ0v) is 20.3. The second-order valence-electron chi connectivity index (χ2n) is 9.27. The number of benzene rings is 2. The van der Waals surface area contributed by atoms with Gasteiger partial charge >= 0.3 is 0 Å². The van der Waals surface area contributed by atoms with E-state index in [9.17, 15) is 9.59 Å². The van der Waals surface area contributed by atoms with Gasteiger partial charge in [-0.05, 0) is 73.4 Å². The third kappa shape index (κ3) is 5.17. The van der Waals surface area contributed by atoms with E-state index in [4.69, 9.17) is 4.74 Å². The van der Waals surface area contributed by atoms with Crippen molar-refractivity contribution in [2.75, 3.05) is 26.2 Å². The zero-order chi connectivity index (χ0) is 23.5. The fourth-order valence-corrected chi connectivity index (χ4v) is 5.46. The Morgan fingerprint density at radius 3 is 2.56 bits per heavy atom. The molecule has 1 unspecified atom stereocenters. The van der Waals surface area contributed by atoms with E-state index in [-0.39, 0.29) is 24.4 Å². The Balaban J connectivity index is 1.33. The van der Waals surface area contributed by atoms with Gasteiger partial charge < -0.3 is 14.5 Å². The highest BCUT2D eigenvalue weighted by atomic mass is 32.1. The summed E-state index contributed by atoms with van der Waals surface area (Å²) < 4.78 is 6.13. The summed E-state index contributed by atoms with van der Waals surface area (Å²) in [5.41, 5.74) is 2.98. The van der Waals surface area contributed by atoms with Crippen LogP contribution in [-0.2, 0) is 11.2 Å². The maximum Gasteiger partial charge on any atom is 0.254 e. The van der Waals surface area contributed by atoms with Gasteiger partial charge in [0.15, 0.2) is 0 Å². The van der Waals surface area contributed by atoms with Crippen LogP contribution >= 0.6 is 11.3 Å². The Bertz CT molecular complexity index is 1140. The first-order valence-electron chi connectivity index (χ1n) is 12.0. The molecule has 1 atom stereocenters. The van der Waals surface area contributed by atoms with Gasteiger partial charge in [-0.1, -0.05) is 35.9 Å². The fraction of sp³-hybridized carbons (Fsp3) is 0.357. The molecule has 34 heavy (non-hydrogen) atoms. The minimum absolute atomic E-state index is 0.0145. The van der Waals surface area contributed by atoms with E-state index in [1.165, 1.54) is 16.0 Å². The van der Waals surface area contributed by atoms with Crippen molar-refractivity contribution in [3.63, 3.8) is 0 Å². The molecule has 1 aliphatic heterocycles. The van der Waals surface area contributed by atoms with E-state index in [2.05, 4.69) is 11.4 Å². The number of nitrogens with zero attached hydrogens (tertiary/aromatic N) is 2. The second-order valence-corrected chi connectivity index (χ2v) is 10.3. The quantitative estimate of drug-likeness (QED) is 0.456. The van der Waals surface area contributed by atoms with Gasteiger partial charge in [0.25, 0.3) is 5.91 Å². The molecule has 2 amide bonds. The number of fused-ring (bicyclic) bond motifs is 1. The van der Waals surface area contributed by atoms with Gasteiger partial charge in [-0.3, -0.25) is 9.59 Å². The Kier molecular flexibility index (Phi) is 6.68. The topological polar surface area (TPSA) is 49.9 Å². The predicted octanol–water partition coefficient (Wildman–Crippen LogP) is 5.11. The van der Waals surface area contributed by atoms with Crippen LogP contribution in [0.15, 0.2) is 66.0 Å². The van der Waals surface area contributed by atoms with Crippen molar-refractivity contribution in [3.8, 4) is 5.75 Å². The summed E-state index contributed by atoms with van der Waals surface area (Å²) in [6.07, 6.45) is 3.10. The van der Waals surface area contributed by atoms with E-state index < -0.39 is 0 Å². The van der Waals surface area contributed by atoms with Crippen LogP contribution in [0.5, 0.6) is 5.75 Å². The maximum absolute atomic E-state index is 13.6. The molecular formula is C28H30N2O3S. The normalized spacial score (nSPS) is 17.2. The molecule has 1 aliphatic carbocycles. The Labute approximate surface area is 205 Å². The van der Waals surface area contributed by atoms with Crippen molar-refractivity contribution in [1.29, 1.82) is 0 Å². The molecule has 6 heteroatoms. The lowest BCUT2D eigenvalue weighted by Crippen LogP contribution is -2.48. The van der Waals surface area contributed by atoms with Gasteiger partial charge in [-0.15, -0.1) is 11.3 Å². The van der Waals surface area contributed by atoms with Gasteiger partial charge in [0.2, 0.25) is 5.91 Å². The lowest BCUT2D eigenvalue weighted by Gasteiger charge is -2.37. The molecule has 2 heterocycles. The number of rotatable bonds is 8. The van der Waals surface area contributed by atoms with Crippen LogP contribution in [0.1, 0.15) is 45.2 Å². The first-order chi connectivity index (χ1) is 16.6. The predicted molar refractivity (Wildman–Crippen MR) is 134 cm³/mol. The number of thiophene rings is 1. The van der Waals surface area contributed by atoms with Crippen molar-refractivity contribution in [3.05, 3.63) is 87.6 Å².